The Bertz CT molecular complexity index is 575. The minimum Gasteiger partial charge on any atom is -0.357 e. The summed E-state index contributed by atoms with van der Waals surface area (Å²) in [5.41, 5.74) is 1.45. The van der Waals surface area contributed by atoms with E-state index in [-0.39, 0.29) is 11.3 Å². The summed E-state index contributed by atoms with van der Waals surface area (Å²) in [5.74, 6) is 1.12. The van der Waals surface area contributed by atoms with Crippen molar-refractivity contribution in [1.29, 1.82) is 0 Å². The lowest BCUT2D eigenvalue weighted by atomic mass is 9.86. The molecule has 0 aromatic heterocycles. The summed E-state index contributed by atoms with van der Waals surface area (Å²) in [7, 11) is 0. The normalized spacial score (nSPS) is 16.1. The van der Waals surface area contributed by atoms with Gasteiger partial charge in [0.05, 0.1) is 0 Å². The molecule has 1 aromatic carbocycles. The number of nitrogens with zero attached hydrogens (tertiary/aromatic N) is 3. The first-order valence-corrected chi connectivity index (χ1v) is 9.24. The predicted octanol–water partition coefficient (Wildman–Crippen LogP) is 2.38. The molecule has 1 heterocycles. The van der Waals surface area contributed by atoms with Gasteiger partial charge in [0.1, 0.15) is 0 Å². The molecule has 1 N–H and O–H groups in total. The topological polar surface area (TPSA) is 47.9 Å². The van der Waals surface area contributed by atoms with E-state index in [4.69, 9.17) is 4.99 Å². The van der Waals surface area contributed by atoms with Gasteiger partial charge in [-0.3, -0.25) is 9.79 Å². The number of hydrogen-bond acceptors (Lipinski definition) is 2. The van der Waals surface area contributed by atoms with Crippen LogP contribution in [0.15, 0.2) is 35.3 Å². The SMILES string of the molecule is CCNC(=NCC(C)(C)Cc1ccccc1)N1CCN(C(C)=O)CC1. The summed E-state index contributed by atoms with van der Waals surface area (Å²) >= 11 is 0. The lowest BCUT2D eigenvalue weighted by Gasteiger charge is -2.36. The molecular formula is C20H32N4O. The van der Waals surface area contributed by atoms with E-state index in [1.54, 1.807) is 6.92 Å². The molecule has 1 fully saturated rings. The highest BCUT2D eigenvalue weighted by Gasteiger charge is 2.23. The van der Waals surface area contributed by atoms with Crippen molar-refractivity contribution in [2.45, 2.75) is 34.1 Å². The van der Waals surface area contributed by atoms with Crippen LogP contribution < -0.4 is 5.32 Å². The van der Waals surface area contributed by atoms with E-state index in [0.717, 1.165) is 51.6 Å². The van der Waals surface area contributed by atoms with Crippen LogP contribution >= 0.6 is 0 Å². The molecule has 0 atom stereocenters. The molecule has 138 valence electrons. The van der Waals surface area contributed by atoms with Crippen LogP contribution in [0.25, 0.3) is 0 Å². The Morgan fingerprint density at radius 3 is 2.28 bits per heavy atom. The highest BCUT2D eigenvalue weighted by Crippen LogP contribution is 2.22. The van der Waals surface area contributed by atoms with Gasteiger partial charge in [-0.05, 0) is 24.3 Å². The van der Waals surface area contributed by atoms with Gasteiger partial charge in [-0.15, -0.1) is 0 Å². The summed E-state index contributed by atoms with van der Waals surface area (Å²) in [6.07, 6.45) is 1.01. The quantitative estimate of drug-likeness (QED) is 0.659. The van der Waals surface area contributed by atoms with Crippen LogP contribution in [0.3, 0.4) is 0 Å². The zero-order valence-electron chi connectivity index (χ0n) is 16.1. The molecule has 25 heavy (non-hydrogen) atoms. The van der Waals surface area contributed by atoms with Gasteiger partial charge < -0.3 is 15.1 Å². The molecule has 0 aliphatic carbocycles. The largest absolute Gasteiger partial charge is 0.357 e. The van der Waals surface area contributed by atoms with Crippen LogP contribution in [0.5, 0.6) is 0 Å². The maximum absolute atomic E-state index is 11.5. The van der Waals surface area contributed by atoms with Crippen LogP contribution in [0.2, 0.25) is 0 Å². The van der Waals surface area contributed by atoms with Gasteiger partial charge in [0.2, 0.25) is 5.91 Å². The molecule has 5 nitrogen and oxygen atoms in total. The maximum Gasteiger partial charge on any atom is 0.219 e. The number of aliphatic imine (C=N–C) groups is 1. The summed E-state index contributed by atoms with van der Waals surface area (Å²) < 4.78 is 0. The number of rotatable bonds is 5. The molecule has 1 amide bonds. The second-order valence-electron chi connectivity index (χ2n) is 7.49. The smallest absolute Gasteiger partial charge is 0.219 e. The highest BCUT2D eigenvalue weighted by atomic mass is 16.2. The third kappa shape index (κ3) is 6.07. The van der Waals surface area contributed by atoms with Crippen LogP contribution in [0.1, 0.15) is 33.3 Å². The second-order valence-corrected chi connectivity index (χ2v) is 7.49. The molecule has 0 bridgehead atoms. The zero-order chi connectivity index (χ0) is 18.3. The van der Waals surface area contributed by atoms with Gasteiger partial charge in [-0.25, -0.2) is 0 Å². The Morgan fingerprint density at radius 2 is 1.72 bits per heavy atom. The average molecular weight is 345 g/mol. The van der Waals surface area contributed by atoms with Gasteiger partial charge in [-0.2, -0.15) is 0 Å². The van der Waals surface area contributed by atoms with Crippen LogP contribution in [-0.2, 0) is 11.2 Å². The second kappa shape index (κ2) is 8.88. The number of hydrogen-bond donors (Lipinski definition) is 1. The van der Waals surface area contributed by atoms with E-state index in [1.165, 1.54) is 5.56 Å². The minimum absolute atomic E-state index is 0.100. The number of amides is 1. The summed E-state index contributed by atoms with van der Waals surface area (Å²) in [6, 6.07) is 10.6. The standard InChI is InChI=1S/C20H32N4O/c1-5-21-19(24-13-11-23(12-14-24)17(2)25)22-16-20(3,4)15-18-9-7-6-8-10-18/h6-10H,5,11-16H2,1-4H3,(H,21,22). The van der Waals surface area contributed by atoms with Gasteiger partial charge >= 0.3 is 0 Å². The lowest BCUT2D eigenvalue weighted by molar-refractivity contribution is -0.130. The van der Waals surface area contributed by atoms with E-state index < -0.39 is 0 Å². The molecule has 1 aromatic rings. The van der Waals surface area contributed by atoms with Crippen molar-refractivity contribution in [2.24, 2.45) is 10.4 Å². The molecule has 0 saturated carbocycles. The first kappa shape index (κ1) is 19.3. The van der Waals surface area contributed by atoms with Crippen molar-refractivity contribution in [1.82, 2.24) is 15.1 Å². The molecule has 0 unspecified atom stereocenters. The third-order valence-electron chi connectivity index (χ3n) is 4.54. The fraction of sp³-hybridized carbons (Fsp3) is 0.600. The number of carbonyl (C=O) groups is 1. The molecular weight excluding hydrogens is 312 g/mol. The highest BCUT2D eigenvalue weighted by molar-refractivity contribution is 5.80. The number of carbonyl (C=O) groups excluding carboxylic acids is 1. The van der Waals surface area contributed by atoms with Gasteiger partial charge in [-0.1, -0.05) is 44.2 Å². The number of benzene rings is 1. The van der Waals surface area contributed by atoms with E-state index in [2.05, 4.69) is 61.3 Å². The van der Waals surface area contributed by atoms with Crippen molar-refractivity contribution in [2.75, 3.05) is 39.3 Å². The molecule has 0 spiro atoms. The predicted molar refractivity (Wildman–Crippen MR) is 104 cm³/mol. The summed E-state index contributed by atoms with van der Waals surface area (Å²) in [5, 5.41) is 3.41. The summed E-state index contributed by atoms with van der Waals surface area (Å²) in [6.45, 7) is 13.1. The maximum atomic E-state index is 11.5. The number of nitrogens with one attached hydrogen (secondary N) is 1. The van der Waals surface area contributed by atoms with Gasteiger partial charge in [0, 0.05) is 46.2 Å². The Hall–Kier alpha value is -2.04. The molecule has 0 radical (unpaired) electrons. The van der Waals surface area contributed by atoms with Gasteiger partial charge in [0.15, 0.2) is 5.96 Å². The molecule has 1 saturated heterocycles. The van der Waals surface area contributed by atoms with Crippen molar-refractivity contribution in [3.05, 3.63) is 35.9 Å². The number of piperazine rings is 1. The van der Waals surface area contributed by atoms with Crippen molar-refractivity contribution < 1.29 is 4.79 Å². The Morgan fingerprint density at radius 1 is 1.12 bits per heavy atom. The van der Waals surface area contributed by atoms with Crippen LogP contribution in [0.4, 0.5) is 0 Å². The molecule has 1 aliphatic rings. The van der Waals surface area contributed by atoms with Crippen molar-refractivity contribution >= 4 is 11.9 Å². The lowest BCUT2D eigenvalue weighted by Crippen LogP contribution is -2.53. The first-order valence-electron chi connectivity index (χ1n) is 9.24. The third-order valence-corrected chi connectivity index (χ3v) is 4.54. The van der Waals surface area contributed by atoms with Crippen LogP contribution in [0, 0.1) is 5.41 Å². The van der Waals surface area contributed by atoms with E-state index >= 15 is 0 Å². The molecule has 5 heteroatoms. The number of guanidine groups is 1. The van der Waals surface area contributed by atoms with Crippen molar-refractivity contribution in [3.63, 3.8) is 0 Å². The fourth-order valence-electron chi connectivity index (χ4n) is 3.15. The zero-order valence-corrected chi connectivity index (χ0v) is 16.1. The van der Waals surface area contributed by atoms with E-state index in [1.807, 2.05) is 4.90 Å². The average Bonchev–Trinajstić information content (AvgIpc) is 2.59. The Kier molecular flexibility index (Phi) is 6.85. The fourth-order valence-corrected chi connectivity index (χ4v) is 3.15. The first-order chi connectivity index (χ1) is 11.9. The molecule has 1 aliphatic heterocycles. The summed E-state index contributed by atoms with van der Waals surface area (Å²) in [4.78, 5) is 20.6. The van der Waals surface area contributed by atoms with E-state index in [9.17, 15) is 4.79 Å². The van der Waals surface area contributed by atoms with E-state index in [0.29, 0.717) is 0 Å². The Labute approximate surface area is 152 Å². The van der Waals surface area contributed by atoms with Crippen LogP contribution in [-0.4, -0.2) is 60.9 Å². The monoisotopic (exact) mass is 344 g/mol. The van der Waals surface area contributed by atoms with Gasteiger partial charge in [0.25, 0.3) is 0 Å². The molecule has 2 rings (SSSR count). The minimum atomic E-state index is 0.100. The van der Waals surface area contributed by atoms with Crippen molar-refractivity contribution in [3.8, 4) is 0 Å². The Balaban J connectivity index is 1.98.